The van der Waals surface area contributed by atoms with Crippen molar-refractivity contribution < 1.29 is 14.4 Å². The molecule has 0 spiro atoms. The molecule has 0 aliphatic heterocycles. The minimum absolute atomic E-state index is 0.0602. The van der Waals surface area contributed by atoms with Crippen LogP contribution in [-0.4, -0.2) is 18.8 Å². The van der Waals surface area contributed by atoms with Crippen molar-refractivity contribution in [2.45, 2.75) is 40.2 Å². The third-order valence-corrected chi connectivity index (χ3v) is 7.06. The molecule has 0 N–H and O–H groups in total. The Labute approximate surface area is 184 Å². The van der Waals surface area contributed by atoms with Crippen LogP contribution in [0.4, 0.5) is 0 Å². The first kappa shape index (κ1) is 22.9. The minimum atomic E-state index is -0.376. The van der Waals surface area contributed by atoms with Crippen LogP contribution < -0.4 is 0 Å². The summed E-state index contributed by atoms with van der Waals surface area (Å²) in [6.45, 7) is 6.42. The van der Waals surface area contributed by atoms with E-state index in [1.807, 2.05) is 13.8 Å². The monoisotopic (exact) mass is 473 g/mol. The quantitative estimate of drug-likeness (QED) is 0.101. The molecule has 1 fully saturated rings. The highest BCUT2D eigenvalue weighted by molar-refractivity contribution is 6.55. The van der Waals surface area contributed by atoms with Crippen molar-refractivity contribution in [2.24, 2.45) is 22.4 Å². The van der Waals surface area contributed by atoms with Crippen molar-refractivity contribution in [1.29, 1.82) is 0 Å². The van der Waals surface area contributed by atoms with Crippen molar-refractivity contribution in [3.8, 4) is 0 Å². The highest BCUT2D eigenvalue weighted by Crippen LogP contribution is 2.58. The molecule has 2 atom stereocenters. The van der Waals surface area contributed by atoms with Crippen molar-refractivity contribution in [1.82, 2.24) is 0 Å². The molecule has 0 unspecified atom stereocenters. The summed E-state index contributed by atoms with van der Waals surface area (Å²) in [6, 6.07) is 0. The Morgan fingerprint density at radius 3 is 2.19 bits per heavy atom. The van der Waals surface area contributed by atoms with Crippen molar-refractivity contribution >= 4 is 70.2 Å². The highest BCUT2D eigenvalue weighted by Gasteiger charge is 2.62. The fourth-order valence-electron chi connectivity index (χ4n) is 2.79. The van der Waals surface area contributed by atoms with Gasteiger partial charge in [0, 0.05) is 17.7 Å². The van der Waals surface area contributed by atoms with Gasteiger partial charge in [0.2, 0.25) is 0 Å². The third kappa shape index (κ3) is 4.97. The van der Waals surface area contributed by atoms with E-state index in [2.05, 4.69) is 12.1 Å². The smallest absolute Gasteiger partial charge is 0.310 e. The van der Waals surface area contributed by atoms with Gasteiger partial charge in [-0.15, -0.1) is 0 Å². The number of carbonyl (C=O) groups is 1. The molecule has 2 rings (SSSR count). The van der Waals surface area contributed by atoms with Crippen LogP contribution in [0.25, 0.3) is 0 Å². The van der Waals surface area contributed by atoms with Crippen molar-refractivity contribution in [2.75, 3.05) is 6.61 Å². The summed E-state index contributed by atoms with van der Waals surface area (Å²) < 4.78 is 5.40. The molecular weight excluding hydrogens is 455 g/mol. The summed E-state index contributed by atoms with van der Waals surface area (Å²) in [4.78, 5) is 17.7. The predicted molar refractivity (Wildman–Crippen MR) is 111 cm³/mol. The van der Waals surface area contributed by atoms with E-state index in [0.29, 0.717) is 12.2 Å². The van der Waals surface area contributed by atoms with E-state index in [1.165, 1.54) is 0 Å². The molecule has 1 aliphatic carbocycles. The average molecular weight is 476 g/mol. The van der Waals surface area contributed by atoms with E-state index >= 15 is 0 Å². The Morgan fingerprint density at radius 1 is 1.07 bits per heavy atom. The number of halogens is 5. The molecule has 4 nitrogen and oxygen atoms in total. The molecule has 1 aromatic rings. The summed E-state index contributed by atoms with van der Waals surface area (Å²) in [5.74, 6) is -0.763. The highest BCUT2D eigenvalue weighted by atomic mass is 35.5. The number of benzene rings is 1. The van der Waals surface area contributed by atoms with Gasteiger partial charge in [0.25, 0.3) is 0 Å². The first-order chi connectivity index (χ1) is 12.6. The summed E-state index contributed by atoms with van der Waals surface area (Å²) in [7, 11) is 0. The maximum absolute atomic E-state index is 12.5. The molecule has 0 aromatic heterocycles. The molecular formula is C18H20Cl5NO3. The van der Waals surface area contributed by atoms with Crippen LogP contribution in [0.2, 0.25) is 25.1 Å². The number of rotatable bonds is 8. The zero-order chi connectivity index (χ0) is 20.4. The Morgan fingerprint density at radius 2 is 1.63 bits per heavy atom. The van der Waals surface area contributed by atoms with Crippen molar-refractivity contribution in [3.63, 3.8) is 0 Å². The Bertz CT molecular complexity index is 722. The van der Waals surface area contributed by atoms with E-state index < -0.39 is 0 Å². The molecule has 0 heterocycles. The second-order valence-electron chi connectivity index (χ2n) is 6.92. The first-order valence-corrected chi connectivity index (χ1v) is 10.4. The van der Waals surface area contributed by atoms with Gasteiger partial charge in [-0.05, 0) is 11.8 Å². The molecule has 1 aromatic carbocycles. The first-order valence-electron chi connectivity index (χ1n) is 8.46. The van der Waals surface area contributed by atoms with Gasteiger partial charge >= 0.3 is 5.97 Å². The number of nitrogens with zero attached hydrogens (tertiary/aromatic N) is 1. The predicted octanol–water partition coefficient (Wildman–Crippen LogP) is 7.07. The van der Waals surface area contributed by atoms with Gasteiger partial charge in [0.1, 0.15) is 13.2 Å². The number of hydrogen-bond acceptors (Lipinski definition) is 4. The molecule has 0 bridgehead atoms. The Kier molecular flexibility index (Phi) is 7.98. The molecule has 1 saturated carbocycles. The fourth-order valence-corrected chi connectivity index (χ4v) is 4.07. The van der Waals surface area contributed by atoms with Crippen LogP contribution in [-0.2, 0) is 21.0 Å². The van der Waals surface area contributed by atoms with Gasteiger partial charge in [-0.3, -0.25) is 4.79 Å². The molecule has 0 saturated heterocycles. The molecule has 150 valence electrons. The van der Waals surface area contributed by atoms with Gasteiger partial charge in [-0.25, -0.2) is 0 Å². The molecule has 27 heavy (non-hydrogen) atoms. The lowest BCUT2D eigenvalue weighted by molar-refractivity contribution is -0.147. The molecule has 9 heteroatoms. The number of unbranched alkanes of at least 4 members (excludes halogenated alkanes) is 1. The lowest BCUT2D eigenvalue weighted by Gasteiger charge is -2.13. The van der Waals surface area contributed by atoms with Gasteiger partial charge in [-0.2, -0.15) is 0 Å². The second kappa shape index (κ2) is 9.41. The second-order valence-corrected chi connectivity index (χ2v) is 8.81. The normalized spacial score (nSPS) is 20.7. The zero-order valence-corrected chi connectivity index (χ0v) is 18.9. The topological polar surface area (TPSA) is 47.9 Å². The van der Waals surface area contributed by atoms with E-state index in [1.54, 1.807) is 6.21 Å². The summed E-state index contributed by atoms with van der Waals surface area (Å²) in [5, 5.41) is 4.38. The Balaban J connectivity index is 2.01. The van der Waals surface area contributed by atoms with Crippen LogP contribution >= 0.6 is 58.0 Å². The van der Waals surface area contributed by atoms with Crippen LogP contribution in [0.5, 0.6) is 0 Å². The maximum atomic E-state index is 12.5. The fraction of sp³-hybridized carbons (Fsp3) is 0.556. The number of hydrogen-bond donors (Lipinski definition) is 0. The lowest BCUT2D eigenvalue weighted by atomic mass is 10.1. The van der Waals surface area contributed by atoms with Crippen LogP contribution in [0.1, 0.15) is 39.2 Å². The van der Waals surface area contributed by atoms with Gasteiger partial charge < -0.3 is 9.57 Å². The molecule has 0 amide bonds. The number of esters is 1. The Hall–Kier alpha value is -0.390. The number of oxime groups is 1. The van der Waals surface area contributed by atoms with E-state index in [4.69, 9.17) is 67.6 Å². The number of carbonyl (C=O) groups excluding carboxylic acids is 1. The van der Waals surface area contributed by atoms with Crippen LogP contribution in [0.3, 0.4) is 0 Å². The van der Waals surface area contributed by atoms with Crippen molar-refractivity contribution in [3.05, 3.63) is 30.7 Å². The molecule has 1 aliphatic rings. The third-order valence-electron chi connectivity index (χ3n) is 4.71. The van der Waals surface area contributed by atoms with E-state index in [0.717, 1.165) is 12.8 Å². The lowest BCUT2D eigenvalue weighted by Crippen LogP contribution is -2.11. The standard InChI is InChI=1S/C18H20Cl5NO3/c1-4-5-6-27-24-7-10-11(18(10,2)3)17(25)26-8-9-12(19)14(21)16(23)15(22)13(9)20/h7,10-11H,4-6,8H2,1-3H3/t10-,11-/m0/s1. The molecule has 0 radical (unpaired) electrons. The van der Waals surface area contributed by atoms with Gasteiger partial charge in [0.05, 0.1) is 31.0 Å². The summed E-state index contributed by atoms with van der Waals surface area (Å²) >= 11 is 30.3. The zero-order valence-electron chi connectivity index (χ0n) is 15.1. The maximum Gasteiger partial charge on any atom is 0.310 e. The average Bonchev–Trinajstić information content (AvgIpc) is 3.18. The SMILES string of the molecule is CCCCON=C[C@H]1[C@@H](C(=O)OCc2c(Cl)c(Cl)c(Cl)c(Cl)c2Cl)C1(C)C. The van der Waals surface area contributed by atoms with Crippen LogP contribution in [0.15, 0.2) is 5.16 Å². The largest absolute Gasteiger partial charge is 0.460 e. The van der Waals surface area contributed by atoms with Crippen LogP contribution in [0, 0.1) is 17.3 Å². The minimum Gasteiger partial charge on any atom is -0.460 e. The van der Waals surface area contributed by atoms with E-state index in [-0.39, 0.29) is 54.9 Å². The van der Waals surface area contributed by atoms with E-state index in [9.17, 15) is 4.79 Å². The van der Waals surface area contributed by atoms with Gasteiger partial charge in [-0.1, -0.05) is 90.4 Å². The summed E-state index contributed by atoms with van der Waals surface area (Å²) in [6.07, 6.45) is 3.63. The number of ether oxygens (including phenoxy) is 1. The van der Waals surface area contributed by atoms with Gasteiger partial charge in [0.15, 0.2) is 0 Å². The summed E-state index contributed by atoms with van der Waals surface area (Å²) in [5.41, 5.74) is 0.0510.